The summed E-state index contributed by atoms with van der Waals surface area (Å²) in [4.78, 5) is 34.0. The Balaban J connectivity index is 1.38. The van der Waals surface area contributed by atoms with E-state index in [4.69, 9.17) is 4.52 Å². The number of hydrogen-bond acceptors (Lipinski definition) is 6. The summed E-state index contributed by atoms with van der Waals surface area (Å²) >= 11 is 1.55. The number of rotatable bonds is 3. The molecule has 1 saturated heterocycles. The molecule has 7 nitrogen and oxygen atoms in total. The first-order valence-corrected chi connectivity index (χ1v) is 8.01. The van der Waals surface area contributed by atoms with Crippen LogP contribution in [0.15, 0.2) is 39.2 Å². The lowest BCUT2D eigenvalue weighted by molar-refractivity contribution is -0.136. The van der Waals surface area contributed by atoms with Crippen LogP contribution in [0.25, 0.3) is 10.7 Å². The SMILES string of the molecule is O=C1C=CC(C(=O)N2CC(c3nc(-c4cccs4)no3)C2)C=N1. The molecule has 2 amide bonds. The van der Waals surface area contributed by atoms with Crippen molar-refractivity contribution >= 4 is 29.4 Å². The Morgan fingerprint density at radius 1 is 1.39 bits per heavy atom. The van der Waals surface area contributed by atoms with Crippen molar-refractivity contribution in [1.29, 1.82) is 0 Å². The molecule has 2 aliphatic rings. The number of hydrogen-bond donors (Lipinski definition) is 0. The second-order valence-electron chi connectivity index (χ2n) is 5.37. The third-order valence-electron chi connectivity index (χ3n) is 3.82. The largest absolute Gasteiger partial charge is 0.340 e. The highest BCUT2D eigenvalue weighted by atomic mass is 32.1. The monoisotopic (exact) mass is 328 g/mol. The van der Waals surface area contributed by atoms with Gasteiger partial charge in [-0.25, -0.2) is 4.99 Å². The predicted octanol–water partition coefficient (Wildman–Crippen LogP) is 1.51. The molecule has 8 heteroatoms. The first-order chi connectivity index (χ1) is 11.2. The highest BCUT2D eigenvalue weighted by molar-refractivity contribution is 7.13. The molecule has 0 bridgehead atoms. The van der Waals surface area contributed by atoms with Gasteiger partial charge in [0.25, 0.3) is 5.91 Å². The van der Waals surface area contributed by atoms with Gasteiger partial charge in [-0.1, -0.05) is 17.3 Å². The number of aromatic nitrogens is 2. The molecule has 2 aliphatic heterocycles. The highest BCUT2D eigenvalue weighted by Gasteiger charge is 2.37. The summed E-state index contributed by atoms with van der Waals surface area (Å²) in [6.07, 6.45) is 4.29. The van der Waals surface area contributed by atoms with Crippen molar-refractivity contribution in [3.05, 3.63) is 35.6 Å². The molecule has 1 unspecified atom stereocenters. The van der Waals surface area contributed by atoms with Gasteiger partial charge in [0.2, 0.25) is 17.6 Å². The average Bonchev–Trinajstić information content (AvgIpc) is 3.17. The zero-order chi connectivity index (χ0) is 15.8. The molecule has 0 saturated carbocycles. The van der Waals surface area contributed by atoms with E-state index < -0.39 is 5.92 Å². The van der Waals surface area contributed by atoms with Crippen LogP contribution in [0.5, 0.6) is 0 Å². The van der Waals surface area contributed by atoms with Crippen molar-refractivity contribution < 1.29 is 14.1 Å². The van der Waals surface area contributed by atoms with Crippen molar-refractivity contribution in [2.75, 3.05) is 13.1 Å². The Labute approximate surface area is 135 Å². The zero-order valence-electron chi connectivity index (χ0n) is 12.0. The van der Waals surface area contributed by atoms with Crippen molar-refractivity contribution in [1.82, 2.24) is 15.0 Å². The molecule has 1 atom stereocenters. The summed E-state index contributed by atoms with van der Waals surface area (Å²) in [5, 5.41) is 5.94. The maximum atomic E-state index is 12.3. The van der Waals surface area contributed by atoms with E-state index >= 15 is 0 Å². The molecule has 4 rings (SSSR count). The van der Waals surface area contributed by atoms with E-state index in [0.717, 1.165) is 4.88 Å². The van der Waals surface area contributed by atoms with Gasteiger partial charge < -0.3 is 9.42 Å². The number of nitrogens with zero attached hydrogens (tertiary/aromatic N) is 4. The molecule has 0 radical (unpaired) electrons. The van der Waals surface area contributed by atoms with Gasteiger partial charge in [-0.3, -0.25) is 9.59 Å². The number of aliphatic imine (C=N–C) groups is 1. The van der Waals surface area contributed by atoms with Crippen LogP contribution in [0.3, 0.4) is 0 Å². The number of carbonyl (C=O) groups is 2. The minimum absolute atomic E-state index is 0.0614. The molecule has 2 aromatic heterocycles. The van der Waals surface area contributed by atoms with Gasteiger partial charge in [0.1, 0.15) is 0 Å². The van der Waals surface area contributed by atoms with Gasteiger partial charge in [0.05, 0.1) is 16.7 Å². The molecular weight excluding hydrogens is 316 g/mol. The standard InChI is InChI=1S/C15H12N4O3S/c20-12-4-3-9(6-16-12)15(21)19-7-10(8-19)14-17-13(18-22-14)11-2-1-5-23-11/h1-6,9-10H,7-8H2. The molecule has 0 spiro atoms. The van der Waals surface area contributed by atoms with Crippen LogP contribution in [0, 0.1) is 5.92 Å². The summed E-state index contributed by atoms with van der Waals surface area (Å²) in [7, 11) is 0. The molecule has 2 aromatic rings. The molecule has 23 heavy (non-hydrogen) atoms. The van der Waals surface area contributed by atoms with E-state index in [-0.39, 0.29) is 17.7 Å². The quantitative estimate of drug-likeness (QED) is 0.852. The van der Waals surface area contributed by atoms with Gasteiger partial charge in [-0.2, -0.15) is 4.98 Å². The fourth-order valence-corrected chi connectivity index (χ4v) is 3.16. The molecule has 116 valence electrons. The Kier molecular flexibility index (Phi) is 3.38. The van der Waals surface area contributed by atoms with E-state index in [1.807, 2.05) is 17.5 Å². The van der Waals surface area contributed by atoms with Gasteiger partial charge >= 0.3 is 0 Å². The fourth-order valence-electron chi connectivity index (χ4n) is 2.51. The molecule has 0 aromatic carbocycles. The van der Waals surface area contributed by atoms with Gasteiger partial charge in [-0.05, 0) is 11.4 Å². The minimum atomic E-state index is -0.460. The number of likely N-dealkylation sites (tertiary alicyclic amines) is 1. The van der Waals surface area contributed by atoms with Crippen LogP contribution < -0.4 is 0 Å². The maximum absolute atomic E-state index is 12.3. The first-order valence-electron chi connectivity index (χ1n) is 7.13. The maximum Gasteiger partial charge on any atom is 0.269 e. The first kappa shape index (κ1) is 14.0. The summed E-state index contributed by atoms with van der Waals surface area (Å²) in [5.74, 6) is 0.347. The summed E-state index contributed by atoms with van der Waals surface area (Å²) < 4.78 is 5.30. The average molecular weight is 328 g/mol. The smallest absolute Gasteiger partial charge is 0.269 e. The van der Waals surface area contributed by atoms with Crippen LogP contribution >= 0.6 is 11.3 Å². The van der Waals surface area contributed by atoms with Crippen molar-refractivity contribution in [2.24, 2.45) is 10.9 Å². The lowest BCUT2D eigenvalue weighted by Crippen LogP contribution is -2.51. The molecule has 1 fully saturated rings. The summed E-state index contributed by atoms with van der Waals surface area (Å²) in [6, 6.07) is 3.87. The second kappa shape index (κ2) is 5.54. The highest BCUT2D eigenvalue weighted by Crippen LogP contribution is 2.30. The van der Waals surface area contributed by atoms with E-state index in [0.29, 0.717) is 24.8 Å². The van der Waals surface area contributed by atoms with Crippen LogP contribution in [-0.4, -0.2) is 46.2 Å². The Morgan fingerprint density at radius 3 is 2.96 bits per heavy atom. The molecule has 4 heterocycles. The van der Waals surface area contributed by atoms with E-state index in [1.165, 1.54) is 12.3 Å². The van der Waals surface area contributed by atoms with Gasteiger partial charge in [-0.15, -0.1) is 11.3 Å². The third kappa shape index (κ3) is 2.61. The summed E-state index contributed by atoms with van der Waals surface area (Å²) in [6.45, 7) is 1.08. The lowest BCUT2D eigenvalue weighted by atomic mass is 9.96. The molecule has 0 N–H and O–H groups in total. The number of dihydropyridines is 1. The van der Waals surface area contributed by atoms with Crippen LogP contribution in [0.4, 0.5) is 0 Å². The van der Waals surface area contributed by atoms with E-state index in [1.54, 1.807) is 22.3 Å². The van der Waals surface area contributed by atoms with Gasteiger partial charge in [0, 0.05) is 25.4 Å². The Bertz CT molecular complexity index is 787. The van der Waals surface area contributed by atoms with E-state index in [2.05, 4.69) is 15.1 Å². The Hall–Kier alpha value is -2.61. The van der Waals surface area contributed by atoms with Crippen molar-refractivity contribution in [3.8, 4) is 10.7 Å². The number of carbonyl (C=O) groups excluding carboxylic acids is 2. The van der Waals surface area contributed by atoms with Crippen LogP contribution in [-0.2, 0) is 9.59 Å². The normalized spacial score (nSPS) is 20.8. The molecule has 0 aliphatic carbocycles. The van der Waals surface area contributed by atoms with Crippen LogP contribution in [0.1, 0.15) is 11.8 Å². The van der Waals surface area contributed by atoms with E-state index in [9.17, 15) is 9.59 Å². The predicted molar refractivity (Wildman–Crippen MR) is 83.1 cm³/mol. The third-order valence-corrected chi connectivity index (χ3v) is 4.69. The van der Waals surface area contributed by atoms with Crippen molar-refractivity contribution in [2.45, 2.75) is 5.92 Å². The number of thiophene rings is 1. The zero-order valence-corrected chi connectivity index (χ0v) is 12.8. The number of amides is 2. The lowest BCUT2D eigenvalue weighted by Gasteiger charge is -2.38. The summed E-state index contributed by atoms with van der Waals surface area (Å²) in [5.41, 5.74) is 0. The van der Waals surface area contributed by atoms with Gasteiger partial charge in [0.15, 0.2) is 0 Å². The topological polar surface area (TPSA) is 88.7 Å². The fraction of sp³-hybridized carbons (Fsp3) is 0.267. The molecular formula is C15H12N4O3S. The second-order valence-corrected chi connectivity index (χ2v) is 6.32. The van der Waals surface area contributed by atoms with Crippen molar-refractivity contribution in [3.63, 3.8) is 0 Å². The minimum Gasteiger partial charge on any atom is -0.340 e. The van der Waals surface area contributed by atoms with Crippen LogP contribution in [0.2, 0.25) is 0 Å². The Morgan fingerprint density at radius 2 is 2.26 bits per heavy atom.